The predicted octanol–water partition coefficient (Wildman–Crippen LogP) is 0.621. The first-order chi connectivity index (χ1) is 7.46. The van der Waals surface area contributed by atoms with Gasteiger partial charge in [0.25, 0.3) is 0 Å². The second kappa shape index (κ2) is 7.45. The highest BCUT2D eigenvalue weighted by Crippen LogP contribution is 2.01. The Kier molecular flexibility index (Phi) is 7.07. The van der Waals surface area contributed by atoms with Crippen LogP contribution in [0.1, 0.15) is 39.5 Å². The summed E-state index contributed by atoms with van der Waals surface area (Å²) in [5.74, 6) is -0.0236. The molecule has 0 aliphatic heterocycles. The molecule has 0 rings (SSSR count). The third kappa shape index (κ3) is 5.92. The van der Waals surface area contributed by atoms with E-state index in [0.717, 1.165) is 12.8 Å². The Morgan fingerprint density at radius 3 is 2.50 bits per heavy atom. The van der Waals surface area contributed by atoms with Gasteiger partial charge in [-0.15, -0.1) is 0 Å². The average Bonchev–Trinajstić information content (AvgIpc) is 2.24. The number of sulfonamides is 1. The molecule has 0 radical (unpaired) electrons. The zero-order chi connectivity index (χ0) is 12.6. The maximum atomic E-state index is 11.6. The lowest BCUT2D eigenvalue weighted by Gasteiger charge is -2.16. The van der Waals surface area contributed by atoms with E-state index < -0.39 is 16.1 Å². The third-order valence-corrected chi connectivity index (χ3v) is 3.61. The summed E-state index contributed by atoms with van der Waals surface area (Å²) in [6.45, 7) is 3.82. The zero-order valence-electron chi connectivity index (χ0n) is 9.81. The van der Waals surface area contributed by atoms with E-state index in [1.807, 2.05) is 13.8 Å². The van der Waals surface area contributed by atoms with Crippen LogP contribution >= 0.6 is 0 Å². The van der Waals surface area contributed by atoms with E-state index in [2.05, 4.69) is 9.88 Å². The highest BCUT2D eigenvalue weighted by Gasteiger charge is 2.20. The van der Waals surface area contributed by atoms with Gasteiger partial charge >= 0.3 is 0 Å². The number of nitrogens with zero attached hydrogens (tertiary/aromatic N) is 1. The van der Waals surface area contributed by atoms with Crippen molar-refractivity contribution in [3.63, 3.8) is 0 Å². The van der Waals surface area contributed by atoms with Gasteiger partial charge in [0.05, 0.1) is 11.8 Å². The molecule has 0 saturated heterocycles. The fourth-order valence-electron chi connectivity index (χ4n) is 1.24. The molecule has 0 aliphatic rings. The normalized spacial score (nSPS) is 15.0. The molecule has 0 spiro atoms. The summed E-state index contributed by atoms with van der Waals surface area (Å²) >= 11 is 0. The first kappa shape index (κ1) is 15.2. The van der Waals surface area contributed by atoms with Crippen molar-refractivity contribution in [3.05, 3.63) is 0 Å². The Morgan fingerprint density at radius 2 is 2.06 bits per heavy atom. The van der Waals surface area contributed by atoms with Gasteiger partial charge in [-0.1, -0.05) is 31.8 Å². The Bertz CT molecular complexity index is 314. The van der Waals surface area contributed by atoms with Crippen LogP contribution in [0.15, 0.2) is 5.16 Å². The van der Waals surface area contributed by atoms with Gasteiger partial charge in [0, 0.05) is 0 Å². The minimum atomic E-state index is -3.34. The van der Waals surface area contributed by atoms with Crippen LogP contribution in [0.2, 0.25) is 0 Å². The molecule has 1 atom stereocenters. The van der Waals surface area contributed by atoms with Gasteiger partial charge in [0.2, 0.25) is 10.0 Å². The first-order valence-corrected chi connectivity index (χ1v) is 7.09. The molecule has 6 nitrogen and oxygen atoms in total. The van der Waals surface area contributed by atoms with Crippen molar-refractivity contribution in [2.45, 2.75) is 45.6 Å². The molecule has 0 aromatic rings. The van der Waals surface area contributed by atoms with Crippen molar-refractivity contribution in [2.24, 2.45) is 10.9 Å². The zero-order valence-corrected chi connectivity index (χ0v) is 10.6. The molecule has 16 heavy (non-hydrogen) atoms. The van der Waals surface area contributed by atoms with E-state index in [4.69, 9.17) is 10.9 Å². The highest BCUT2D eigenvalue weighted by atomic mass is 32.2. The van der Waals surface area contributed by atoms with Crippen LogP contribution in [0.5, 0.6) is 0 Å². The molecule has 7 heteroatoms. The molecule has 4 N–H and O–H groups in total. The second-order valence-electron chi connectivity index (χ2n) is 3.66. The summed E-state index contributed by atoms with van der Waals surface area (Å²) in [5, 5.41) is 11.4. The van der Waals surface area contributed by atoms with Crippen molar-refractivity contribution in [3.8, 4) is 0 Å². The van der Waals surface area contributed by atoms with Crippen molar-refractivity contribution >= 4 is 15.9 Å². The summed E-state index contributed by atoms with van der Waals surface area (Å²) < 4.78 is 25.6. The molecule has 0 aliphatic carbocycles. The molecular weight excluding hydrogens is 230 g/mol. The van der Waals surface area contributed by atoms with Crippen LogP contribution in [0.3, 0.4) is 0 Å². The smallest absolute Gasteiger partial charge is 0.212 e. The molecule has 96 valence electrons. The summed E-state index contributed by atoms with van der Waals surface area (Å²) in [6.07, 6.45) is 2.67. The van der Waals surface area contributed by atoms with E-state index >= 15 is 0 Å². The lowest BCUT2D eigenvalue weighted by atomic mass is 10.2. The van der Waals surface area contributed by atoms with Gasteiger partial charge in [-0.05, 0) is 12.8 Å². The van der Waals surface area contributed by atoms with Crippen molar-refractivity contribution in [1.29, 1.82) is 0 Å². The number of nitrogens with two attached hydrogens (primary N) is 1. The molecule has 0 heterocycles. The van der Waals surface area contributed by atoms with E-state index in [0.29, 0.717) is 12.8 Å². The average molecular weight is 251 g/mol. The Balaban J connectivity index is 4.50. The van der Waals surface area contributed by atoms with Gasteiger partial charge in [-0.2, -0.15) is 0 Å². The quantitative estimate of drug-likeness (QED) is 0.254. The molecule has 0 bridgehead atoms. The van der Waals surface area contributed by atoms with Crippen molar-refractivity contribution < 1.29 is 13.6 Å². The van der Waals surface area contributed by atoms with Crippen LogP contribution in [0, 0.1) is 0 Å². The molecule has 0 saturated carbocycles. The Hall–Kier alpha value is -0.820. The lowest BCUT2D eigenvalue weighted by Crippen LogP contribution is -2.45. The Morgan fingerprint density at radius 1 is 1.44 bits per heavy atom. The van der Waals surface area contributed by atoms with E-state index in [1.165, 1.54) is 0 Å². The number of unbranched alkanes of at least 4 members (excludes halogenated alkanes) is 1. The fraction of sp³-hybridized carbons (Fsp3) is 0.889. The highest BCUT2D eigenvalue weighted by molar-refractivity contribution is 7.89. The summed E-state index contributed by atoms with van der Waals surface area (Å²) in [7, 11) is -3.34. The molecule has 0 amide bonds. The molecular formula is C9H21N3O3S. The SMILES string of the molecule is CCCCS(=O)(=O)NC(CCC)/C(N)=N/O. The monoisotopic (exact) mass is 251 g/mol. The molecule has 1 unspecified atom stereocenters. The minimum Gasteiger partial charge on any atom is -0.409 e. The van der Waals surface area contributed by atoms with Crippen LogP contribution in [0.25, 0.3) is 0 Å². The predicted molar refractivity (Wildman–Crippen MR) is 63.9 cm³/mol. The minimum absolute atomic E-state index is 0.0718. The fourth-order valence-corrected chi connectivity index (χ4v) is 2.69. The Labute approximate surface area is 97.0 Å². The largest absolute Gasteiger partial charge is 0.409 e. The van der Waals surface area contributed by atoms with Gasteiger partial charge in [0.15, 0.2) is 5.84 Å². The number of nitrogens with one attached hydrogen (secondary N) is 1. The summed E-state index contributed by atoms with van der Waals surface area (Å²) in [4.78, 5) is 0. The van der Waals surface area contributed by atoms with Crippen molar-refractivity contribution in [1.82, 2.24) is 4.72 Å². The maximum absolute atomic E-state index is 11.6. The number of oxime groups is 1. The van der Waals surface area contributed by atoms with E-state index in [-0.39, 0.29) is 11.6 Å². The molecule has 0 aromatic heterocycles. The maximum Gasteiger partial charge on any atom is 0.212 e. The van der Waals surface area contributed by atoms with E-state index in [1.54, 1.807) is 0 Å². The van der Waals surface area contributed by atoms with E-state index in [9.17, 15) is 8.42 Å². The standard InChI is InChI=1S/C9H21N3O3S/c1-3-5-7-16(14,15)12-8(6-4-2)9(10)11-13/h8,12-13H,3-7H2,1-2H3,(H2,10,11). The number of hydrogen-bond acceptors (Lipinski definition) is 4. The topological polar surface area (TPSA) is 105 Å². The number of rotatable bonds is 8. The second-order valence-corrected chi connectivity index (χ2v) is 5.53. The third-order valence-electron chi connectivity index (χ3n) is 2.14. The van der Waals surface area contributed by atoms with Crippen molar-refractivity contribution in [2.75, 3.05) is 5.75 Å². The summed E-state index contributed by atoms with van der Waals surface area (Å²) in [6, 6.07) is -0.614. The lowest BCUT2D eigenvalue weighted by molar-refractivity contribution is 0.315. The van der Waals surface area contributed by atoms with Crippen LogP contribution in [-0.4, -0.2) is 31.3 Å². The van der Waals surface area contributed by atoms with Gasteiger partial charge in [-0.25, -0.2) is 13.1 Å². The van der Waals surface area contributed by atoms with Gasteiger partial charge in [-0.3, -0.25) is 0 Å². The van der Waals surface area contributed by atoms with Gasteiger partial charge < -0.3 is 10.9 Å². The van der Waals surface area contributed by atoms with Crippen LogP contribution in [0.4, 0.5) is 0 Å². The summed E-state index contributed by atoms with van der Waals surface area (Å²) in [5.41, 5.74) is 5.41. The number of amidine groups is 1. The first-order valence-electron chi connectivity index (χ1n) is 5.44. The van der Waals surface area contributed by atoms with Gasteiger partial charge in [0.1, 0.15) is 0 Å². The molecule has 0 fully saturated rings. The van der Waals surface area contributed by atoms with Crippen LogP contribution < -0.4 is 10.5 Å². The molecule has 0 aromatic carbocycles. The number of hydrogen-bond donors (Lipinski definition) is 3. The van der Waals surface area contributed by atoms with Crippen LogP contribution in [-0.2, 0) is 10.0 Å².